The van der Waals surface area contributed by atoms with Crippen LogP contribution >= 0.6 is 7.92 Å². The highest BCUT2D eigenvalue weighted by atomic mass is 31.1. The minimum Gasteiger partial charge on any atom is -0.497 e. The fraction of sp³-hybridized carbons (Fsp3) is 0.160. The molecule has 4 aromatic rings. The fourth-order valence-corrected chi connectivity index (χ4v) is 5.70. The average molecular weight is 400 g/mol. The highest BCUT2D eigenvalue weighted by Gasteiger charge is 2.14. The molecule has 146 valence electrons. The normalized spacial score (nSPS) is 11.0. The van der Waals surface area contributed by atoms with Gasteiger partial charge in [-0.2, -0.15) is 0 Å². The zero-order valence-electron chi connectivity index (χ0n) is 16.6. The van der Waals surface area contributed by atoms with Crippen molar-refractivity contribution in [3.05, 3.63) is 109 Å². The lowest BCUT2D eigenvalue weighted by molar-refractivity contribution is -0.696. The van der Waals surface area contributed by atoms with E-state index in [4.69, 9.17) is 4.74 Å². The van der Waals surface area contributed by atoms with Crippen molar-refractivity contribution in [3.8, 4) is 5.75 Å². The fourth-order valence-electron chi connectivity index (χ4n) is 3.40. The molecule has 4 heteroatoms. The lowest BCUT2D eigenvalue weighted by atomic mass is 10.2. The first-order valence-electron chi connectivity index (χ1n) is 9.80. The van der Waals surface area contributed by atoms with Gasteiger partial charge in [0.25, 0.3) is 0 Å². The molecule has 0 saturated heterocycles. The molecule has 1 heterocycles. The van der Waals surface area contributed by atoms with Crippen LogP contribution in [0.15, 0.2) is 97.3 Å². The predicted molar refractivity (Wildman–Crippen MR) is 119 cm³/mol. The van der Waals surface area contributed by atoms with Crippen LogP contribution in [-0.4, -0.2) is 17.8 Å². The van der Waals surface area contributed by atoms with Crippen molar-refractivity contribution in [2.75, 3.05) is 13.3 Å². The molecule has 0 aliphatic carbocycles. The van der Waals surface area contributed by atoms with E-state index in [2.05, 4.69) is 101 Å². The summed E-state index contributed by atoms with van der Waals surface area (Å²) in [4.78, 5) is 0. The summed E-state index contributed by atoms with van der Waals surface area (Å²) in [7, 11) is 1.31. The zero-order valence-corrected chi connectivity index (χ0v) is 17.5. The number of aromatic nitrogens is 2. The molecular formula is C25H25N2OP. The second kappa shape index (κ2) is 9.54. The Balaban J connectivity index is 1.46. The highest BCUT2D eigenvalue weighted by molar-refractivity contribution is 7.72. The number of ether oxygens (including phenoxy) is 1. The standard InChI is InChI=1S/C25H25N2OP/c1-28-23-10-8-9-22(19-23)20-27-16-15-26(21-27)17-18-29(24-11-4-2-5-12-24)25-13-6-3-7-14-25/h2-16,19H,17-18,20H2,1H3. The summed E-state index contributed by atoms with van der Waals surface area (Å²) < 4.78 is 9.59. The summed E-state index contributed by atoms with van der Waals surface area (Å²) in [5.74, 6) is 0.888. The number of methoxy groups -OCH3 is 1. The average Bonchev–Trinajstić information content (AvgIpc) is 3.23. The van der Waals surface area contributed by atoms with Gasteiger partial charge in [0.1, 0.15) is 5.75 Å². The maximum Gasteiger partial charge on any atom is 0.204 e. The SMILES string of the molecule is COc1cccc(Cn2[c-][n+](CCP(c3ccccc3)c3ccccc3)cc2)c1. The van der Waals surface area contributed by atoms with Gasteiger partial charge in [-0.1, -0.05) is 72.8 Å². The second-order valence-corrected chi connectivity index (χ2v) is 9.23. The first-order valence-corrected chi connectivity index (χ1v) is 11.3. The largest absolute Gasteiger partial charge is 0.497 e. The quantitative estimate of drug-likeness (QED) is 0.250. The molecule has 0 radical (unpaired) electrons. The van der Waals surface area contributed by atoms with Gasteiger partial charge in [-0.25, -0.2) is 0 Å². The van der Waals surface area contributed by atoms with E-state index in [9.17, 15) is 0 Å². The molecule has 0 spiro atoms. The minimum absolute atomic E-state index is 0.387. The van der Waals surface area contributed by atoms with Crippen LogP contribution in [0.3, 0.4) is 0 Å². The molecule has 0 atom stereocenters. The molecular weight excluding hydrogens is 375 g/mol. The number of aryl methyl sites for hydroxylation is 1. The van der Waals surface area contributed by atoms with Crippen molar-refractivity contribution in [2.24, 2.45) is 0 Å². The van der Waals surface area contributed by atoms with E-state index in [0.717, 1.165) is 25.0 Å². The third-order valence-electron chi connectivity index (χ3n) is 4.87. The van der Waals surface area contributed by atoms with Crippen molar-refractivity contribution in [1.82, 2.24) is 4.57 Å². The van der Waals surface area contributed by atoms with Gasteiger partial charge in [0, 0.05) is 6.16 Å². The molecule has 1 aromatic heterocycles. The van der Waals surface area contributed by atoms with Gasteiger partial charge in [-0.05, 0) is 48.6 Å². The van der Waals surface area contributed by atoms with Crippen LogP contribution in [0.2, 0.25) is 0 Å². The Kier molecular flexibility index (Phi) is 6.38. The lowest BCUT2D eigenvalue weighted by Gasteiger charge is -2.18. The Morgan fingerprint density at radius 2 is 1.59 bits per heavy atom. The minimum atomic E-state index is -0.387. The molecule has 0 fully saturated rings. The third kappa shape index (κ3) is 5.13. The topological polar surface area (TPSA) is 18.0 Å². The third-order valence-corrected chi connectivity index (χ3v) is 7.36. The Morgan fingerprint density at radius 3 is 2.24 bits per heavy atom. The van der Waals surface area contributed by atoms with Gasteiger partial charge < -0.3 is 13.9 Å². The molecule has 0 unspecified atom stereocenters. The Hall–Kier alpha value is -2.90. The maximum atomic E-state index is 5.32. The molecule has 0 aliphatic heterocycles. The summed E-state index contributed by atoms with van der Waals surface area (Å²) in [6.45, 7) is 1.73. The predicted octanol–water partition coefficient (Wildman–Crippen LogP) is 3.77. The number of hydrogen-bond donors (Lipinski definition) is 0. The lowest BCUT2D eigenvalue weighted by Crippen LogP contribution is -2.34. The second-order valence-electron chi connectivity index (χ2n) is 6.89. The first kappa shape index (κ1) is 19.4. The first-order chi connectivity index (χ1) is 14.3. The van der Waals surface area contributed by atoms with Gasteiger partial charge in [0.15, 0.2) is 0 Å². The van der Waals surface area contributed by atoms with Crippen LogP contribution < -0.4 is 19.9 Å². The van der Waals surface area contributed by atoms with E-state index in [0.29, 0.717) is 0 Å². The van der Waals surface area contributed by atoms with Crippen LogP contribution in [0.4, 0.5) is 0 Å². The van der Waals surface area contributed by atoms with Gasteiger partial charge in [-0.3, -0.25) is 0 Å². The molecule has 0 N–H and O–H groups in total. The van der Waals surface area contributed by atoms with E-state index in [1.54, 1.807) is 7.11 Å². The Morgan fingerprint density at radius 1 is 0.897 bits per heavy atom. The van der Waals surface area contributed by atoms with E-state index >= 15 is 0 Å². The molecule has 4 rings (SSSR count). The van der Waals surface area contributed by atoms with Crippen molar-refractivity contribution in [2.45, 2.75) is 13.1 Å². The van der Waals surface area contributed by atoms with E-state index in [1.165, 1.54) is 16.2 Å². The van der Waals surface area contributed by atoms with Crippen molar-refractivity contribution in [3.63, 3.8) is 0 Å². The van der Waals surface area contributed by atoms with E-state index in [1.807, 2.05) is 12.1 Å². The van der Waals surface area contributed by atoms with Crippen LogP contribution in [0, 0.1) is 6.33 Å². The zero-order chi connectivity index (χ0) is 19.9. The summed E-state index contributed by atoms with van der Waals surface area (Å²) in [6, 6.07) is 29.9. The van der Waals surface area contributed by atoms with Gasteiger partial charge in [-0.15, -0.1) is 0 Å². The summed E-state index contributed by atoms with van der Waals surface area (Å²) in [6.07, 6.45) is 8.76. The number of hydrogen-bond acceptors (Lipinski definition) is 1. The molecule has 0 saturated carbocycles. The van der Waals surface area contributed by atoms with Crippen LogP contribution in [0.1, 0.15) is 5.56 Å². The maximum absolute atomic E-state index is 5.32. The van der Waals surface area contributed by atoms with Crippen molar-refractivity contribution >= 4 is 18.5 Å². The summed E-state index contributed by atoms with van der Waals surface area (Å²) in [5.41, 5.74) is 1.21. The smallest absolute Gasteiger partial charge is 0.204 e. The van der Waals surface area contributed by atoms with E-state index < -0.39 is 0 Å². The summed E-state index contributed by atoms with van der Waals surface area (Å²) in [5, 5.41) is 2.84. The molecule has 0 aliphatic rings. The van der Waals surface area contributed by atoms with Crippen LogP contribution in [0.5, 0.6) is 5.75 Å². The number of nitrogens with zero attached hydrogens (tertiary/aromatic N) is 2. The van der Waals surface area contributed by atoms with Crippen LogP contribution in [-0.2, 0) is 13.1 Å². The van der Waals surface area contributed by atoms with E-state index in [-0.39, 0.29) is 7.92 Å². The molecule has 3 aromatic carbocycles. The van der Waals surface area contributed by atoms with Crippen molar-refractivity contribution < 1.29 is 9.30 Å². The van der Waals surface area contributed by atoms with Gasteiger partial charge in [0.2, 0.25) is 6.33 Å². The van der Waals surface area contributed by atoms with Crippen LogP contribution in [0.25, 0.3) is 0 Å². The molecule has 3 nitrogen and oxygen atoms in total. The molecule has 29 heavy (non-hydrogen) atoms. The Bertz CT molecular complexity index is 991. The molecule has 0 amide bonds. The Labute approximate surface area is 174 Å². The van der Waals surface area contributed by atoms with Gasteiger partial charge in [0.05, 0.1) is 20.2 Å². The number of imidazole rings is 1. The monoisotopic (exact) mass is 400 g/mol. The number of rotatable bonds is 8. The summed E-state index contributed by atoms with van der Waals surface area (Å²) >= 11 is 0. The van der Waals surface area contributed by atoms with Gasteiger partial charge >= 0.3 is 0 Å². The number of benzene rings is 3. The highest BCUT2D eigenvalue weighted by Crippen LogP contribution is 2.32. The van der Waals surface area contributed by atoms with Crippen molar-refractivity contribution in [1.29, 1.82) is 0 Å². The molecule has 0 bridgehead atoms.